The van der Waals surface area contributed by atoms with Crippen LogP contribution in [-0.4, -0.2) is 48.9 Å². The van der Waals surface area contributed by atoms with Crippen LogP contribution >= 0.6 is 11.3 Å². The predicted molar refractivity (Wildman–Crippen MR) is 76.1 cm³/mol. The third kappa shape index (κ3) is 2.67. The van der Waals surface area contributed by atoms with E-state index < -0.39 is 0 Å². The number of hydrogen-bond donors (Lipinski definition) is 1. The van der Waals surface area contributed by atoms with Crippen molar-refractivity contribution in [2.75, 3.05) is 32.9 Å². The first-order valence-electron chi connectivity index (χ1n) is 6.30. The highest BCUT2D eigenvalue weighted by Crippen LogP contribution is 2.25. The molecule has 1 aliphatic rings. The molecule has 5 heteroatoms. The van der Waals surface area contributed by atoms with E-state index in [4.69, 9.17) is 5.73 Å². The lowest BCUT2D eigenvalue weighted by atomic mass is 10.2. The van der Waals surface area contributed by atoms with Crippen molar-refractivity contribution >= 4 is 22.9 Å². The maximum atomic E-state index is 12.3. The van der Waals surface area contributed by atoms with Gasteiger partial charge in [-0.3, -0.25) is 4.79 Å². The van der Waals surface area contributed by atoms with Crippen LogP contribution in [0.15, 0.2) is 6.07 Å². The Kier molecular flexibility index (Phi) is 3.92. The molecule has 1 aromatic heterocycles. The molecule has 1 aliphatic heterocycles. The van der Waals surface area contributed by atoms with Crippen molar-refractivity contribution in [3.8, 4) is 0 Å². The zero-order valence-corrected chi connectivity index (χ0v) is 12.1. The molecule has 1 fully saturated rings. The number of carbonyl (C=O) groups is 1. The molecule has 4 nitrogen and oxygen atoms in total. The average molecular weight is 267 g/mol. The summed E-state index contributed by atoms with van der Waals surface area (Å²) in [5, 5.41) is 0. The highest BCUT2D eigenvalue weighted by Gasteiger charge is 2.25. The van der Waals surface area contributed by atoms with Crippen molar-refractivity contribution in [1.29, 1.82) is 0 Å². The Morgan fingerprint density at radius 1 is 1.67 bits per heavy atom. The third-order valence-electron chi connectivity index (χ3n) is 3.67. The summed E-state index contributed by atoms with van der Waals surface area (Å²) < 4.78 is 0. The molecule has 1 aromatic rings. The number of nitrogens with zero attached hydrogens (tertiary/aromatic N) is 2. The quantitative estimate of drug-likeness (QED) is 0.908. The van der Waals surface area contributed by atoms with Crippen LogP contribution in [-0.2, 0) is 0 Å². The van der Waals surface area contributed by atoms with Gasteiger partial charge in [0, 0.05) is 30.2 Å². The van der Waals surface area contributed by atoms with Crippen LogP contribution in [0, 0.1) is 6.92 Å². The van der Waals surface area contributed by atoms with Gasteiger partial charge in [0.15, 0.2) is 0 Å². The van der Waals surface area contributed by atoms with E-state index in [0.29, 0.717) is 6.04 Å². The molecule has 0 radical (unpaired) electrons. The van der Waals surface area contributed by atoms with Crippen LogP contribution in [0.1, 0.15) is 27.4 Å². The standard InChI is InChI=1S/C13H21N3OS/c1-9-11(14)7-12(18-9)13(17)16(3)8-10-5-4-6-15(10)2/h7,10H,4-6,8,14H2,1-3H3. The second kappa shape index (κ2) is 5.28. The summed E-state index contributed by atoms with van der Waals surface area (Å²) in [6.45, 7) is 3.88. The maximum Gasteiger partial charge on any atom is 0.263 e. The average Bonchev–Trinajstić information content (AvgIpc) is 2.86. The largest absolute Gasteiger partial charge is 0.398 e. The summed E-state index contributed by atoms with van der Waals surface area (Å²) in [5.41, 5.74) is 6.51. The van der Waals surface area contributed by atoms with E-state index in [1.807, 2.05) is 18.9 Å². The van der Waals surface area contributed by atoms with Gasteiger partial charge in [0.05, 0.1) is 4.88 Å². The molecule has 1 saturated heterocycles. The number of thiophene rings is 1. The number of nitrogens with two attached hydrogens (primary N) is 1. The van der Waals surface area contributed by atoms with Crippen molar-refractivity contribution in [2.45, 2.75) is 25.8 Å². The molecule has 0 spiro atoms. The van der Waals surface area contributed by atoms with Gasteiger partial charge in [0.25, 0.3) is 5.91 Å². The molecule has 0 aromatic carbocycles. The summed E-state index contributed by atoms with van der Waals surface area (Å²) in [7, 11) is 4.00. The summed E-state index contributed by atoms with van der Waals surface area (Å²) in [5.74, 6) is 0.0834. The number of aryl methyl sites for hydroxylation is 1. The van der Waals surface area contributed by atoms with Gasteiger partial charge in [-0.05, 0) is 39.4 Å². The van der Waals surface area contributed by atoms with Crippen molar-refractivity contribution in [3.63, 3.8) is 0 Å². The number of likely N-dealkylation sites (tertiary alicyclic amines) is 1. The second-order valence-electron chi connectivity index (χ2n) is 5.08. The fourth-order valence-electron chi connectivity index (χ4n) is 2.40. The lowest BCUT2D eigenvalue weighted by Gasteiger charge is -2.25. The van der Waals surface area contributed by atoms with Gasteiger partial charge in [-0.25, -0.2) is 0 Å². The highest BCUT2D eigenvalue weighted by molar-refractivity contribution is 7.14. The summed E-state index contributed by atoms with van der Waals surface area (Å²) in [6, 6.07) is 2.29. The molecular weight excluding hydrogens is 246 g/mol. The summed E-state index contributed by atoms with van der Waals surface area (Å²) in [4.78, 5) is 18.2. The van der Waals surface area contributed by atoms with Gasteiger partial charge in [-0.1, -0.05) is 0 Å². The van der Waals surface area contributed by atoms with Crippen LogP contribution in [0.4, 0.5) is 5.69 Å². The molecule has 2 N–H and O–H groups in total. The van der Waals surface area contributed by atoms with E-state index in [9.17, 15) is 4.79 Å². The zero-order valence-electron chi connectivity index (χ0n) is 11.3. The number of anilines is 1. The minimum Gasteiger partial charge on any atom is -0.398 e. The molecule has 100 valence electrons. The summed E-state index contributed by atoms with van der Waals surface area (Å²) >= 11 is 1.48. The Balaban J connectivity index is 2.00. The fraction of sp³-hybridized carbons (Fsp3) is 0.615. The lowest BCUT2D eigenvalue weighted by Crippen LogP contribution is -2.39. The van der Waals surface area contributed by atoms with E-state index in [1.165, 1.54) is 24.2 Å². The molecule has 2 rings (SSSR count). The molecule has 1 unspecified atom stereocenters. The van der Waals surface area contributed by atoms with Gasteiger partial charge in [-0.2, -0.15) is 0 Å². The zero-order chi connectivity index (χ0) is 13.3. The Hall–Kier alpha value is -1.07. The van der Waals surface area contributed by atoms with E-state index in [2.05, 4.69) is 11.9 Å². The fourth-order valence-corrected chi connectivity index (χ4v) is 3.33. The van der Waals surface area contributed by atoms with Crippen molar-refractivity contribution < 1.29 is 4.79 Å². The number of carbonyl (C=O) groups excluding carboxylic acids is 1. The van der Waals surface area contributed by atoms with Crippen LogP contribution in [0.3, 0.4) is 0 Å². The number of rotatable bonds is 3. The third-order valence-corrected chi connectivity index (χ3v) is 4.72. The number of nitrogen functional groups attached to an aromatic ring is 1. The molecule has 0 bridgehead atoms. The summed E-state index contributed by atoms with van der Waals surface area (Å²) in [6.07, 6.45) is 2.41. The minimum absolute atomic E-state index is 0.0834. The van der Waals surface area contributed by atoms with Crippen LogP contribution in [0.25, 0.3) is 0 Å². The number of hydrogen-bond acceptors (Lipinski definition) is 4. The Bertz CT molecular complexity index is 424. The van der Waals surface area contributed by atoms with E-state index in [1.54, 1.807) is 6.07 Å². The maximum absolute atomic E-state index is 12.3. The van der Waals surface area contributed by atoms with Gasteiger partial charge in [0.2, 0.25) is 0 Å². The number of amides is 1. The van der Waals surface area contributed by atoms with Crippen LogP contribution in [0.2, 0.25) is 0 Å². The highest BCUT2D eigenvalue weighted by atomic mass is 32.1. The molecule has 1 atom stereocenters. The second-order valence-corrected chi connectivity index (χ2v) is 6.34. The van der Waals surface area contributed by atoms with Gasteiger partial charge in [0.1, 0.15) is 0 Å². The molecule has 0 aliphatic carbocycles. The normalized spacial score (nSPS) is 20.3. The smallest absolute Gasteiger partial charge is 0.263 e. The first-order valence-corrected chi connectivity index (χ1v) is 7.12. The van der Waals surface area contributed by atoms with Crippen LogP contribution in [0.5, 0.6) is 0 Å². The van der Waals surface area contributed by atoms with E-state index in [0.717, 1.165) is 28.5 Å². The molecule has 2 heterocycles. The SMILES string of the molecule is Cc1sc(C(=O)N(C)CC2CCCN2C)cc1N. The van der Waals surface area contributed by atoms with Crippen LogP contribution < -0.4 is 5.73 Å². The van der Waals surface area contributed by atoms with Gasteiger partial charge >= 0.3 is 0 Å². The molecular formula is C13H21N3OS. The van der Waals surface area contributed by atoms with Gasteiger partial charge < -0.3 is 15.5 Å². The first-order chi connectivity index (χ1) is 8.49. The van der Waals surface area contributed by atoms with Crippen molar-refractivity contribution in [2.24, 2.45) is 0 Å². The minimum atomic E-state index is 0.0834. The van der Waals surface area contributed by atoms with Crippen molar-refractivity contribution in [3.05, 3.63) is 15.8 Å². The Morgan fingerprint density at radius 3 is 2.89 bits per heavy atom. The Labute approximate surface area is 112 Å². The van der Waals surface area contributed by atoms with E-state index >= 15 is 0 Å². The van der Waals surface area contributed by atoms with Gasteiger partial charge in [-0.15, -0.1) is 11.3 Å². The number of likely N-dealkylation sites (N-methyl/N-ethyl adjacent to an activating group) is 2. The Morgan fingerprint density at radius 2 is 2.39 bits per heavy atom. The van der Waals surface area contributed by atoms with E-state index in [-0.39, 0.29) is 5.91 Å². The monoisotopic (exact) mass is 267 g/mol. The lowest BCUT2D eigenvalue weighted by molar-refractivity contribution is 0.0766. The molecule has 18 heavy (non-hydrogen) atoms. The first kappa shape index (κ1) is 13.4. The topological polar surface area (TPSA) is 49.6 Å². The van der Waals surface area contributed by atoms with Crippen molar-refractivity contribution in [1.82, 2.24) is 9.80 Å². The molecule has 0 saturated carbocycles. The molecule has 1 amide bonds. The predicted octanol–water partition coefficient (Wildman–Crippen LogP) is 1.80.